The van der Waals surface area contributed by atoms with Crippen LogP contribution < -0.4 is 24.8 Å². The van der Waals surface area contributed by atoms with Crippen LogP contribution in [0.4, 0.5) is 43.4 Å². The van der Waals surface area contributed by atoms with E-state index in [1.165, 1.54) is 107 Å². The van der Waals surface area contributed by atoms with Crippen molar-refractivity contribution in [2.75, 3.05) is 69.6 Å². The molecule has 9 aromatic carbocycles. The molecule has 0 amide bonds. The number of ether oxygens (including phenoxy) is 6. The van der Waals surface area contributed by atoms with Crippen LogP contribution in [0.1, 0.15) is 50.9 Å². The van der Waals surface area contributed by atoms with Crippen molar-refractivity contribution in [3.63, 3.8) is 0 Å². The first-order valence-corrected chi connectivity index (χ1v) is 52.3. The zero-order valence-electron chi connectivity index (χ0n) is 75.2. The van der Waals surface area contributed by atoms with Crippen LogP contribution in [0.15, 0.2) is 223 Å². The molecule has 27 nitrogen and oxygen atoms in total. The van der Waals surface area contributed by atoms with Gasteiger partial charge in [0.25, 0.3) is 0 Å². The van der Waals surface area contributed by atoms with Crippen molar-refractivity contribution in [2.45, 2.75) is 78.4 Å². The normalized spacial score (nSPS) is 11.3. The summed E-state index contributed by atoms with van der Waals surface area (Å²) in [6.07, 6.45) is 0.640. The lowest BCUT2D eigenvalue weighted by atomic mass is 10.1. The fraction of sp³-hybridized carbons (Fsp3) is 0.227. The van der Waals surface area contributed by atoms with Gasteiger partial charge in [-0.25, -0.2) is 70.8 Å². The number of nitrogens with zero attached hydrogens (tertiary/aromatic N) is 12. The molecule has 15 rings (SSSR count). The summed E-state index contributed by atoms with van der Waals surface area (Å²) in [4.78, 5) is 56.3. The maximum absolute atomic E-state index is 15.5. The second kappa shape index (κ2) is 48.9. The van der Waals surface area contributed by atoms with Crippen LogP contribution in [-0.2, 0) is 105 Å². The van der Waals surface area contributed by atoms with Crippen LogP contribution >= 0.6 is 54.7 Å². The summed E-state index contributed by atoms with van der Waals surface area (Å²) in [5.41, 5.74) is 10.1. The lowest BCUT2D eigenvalue weighted by Crippen LogP contribution is -2.11. The molecule has 0 bridgehead atoms. The van der Waals surface area contributed by atoms with Gasteiger partial charge in [-0.2, -0.15) is 0 Å². The Bertz CT molecular complexity index is 7010. The number of aromatic nitrogens is 9. The number of rotatable bonds is 33. The summed E-state index contributed by atoms with van der Waals surface area (Å²) < 4.78 is 182. The Labute approximate surface area is 799 Å². The summed E-state index contributed by atoms with van der Waals surface area (Å²) in [5, 5.41) is 0.259. The number of pyridine rings is 3. The molecule has 0 radical (unpaired) electrons. The zero-order valence-corrected chi connectivity index (χ0v) is 82.1. The molecule has 0 spiro atoms. The number of imidazole rings is 3. The number of hydrogen-bond acceptors (Lipinski definition) is 19. The van der Waals surface area contributed by atoms with Crippen molar-refractivity contribution >= 4 is 122 Å². The molecule has 2 N–H and O–H groups in total. The fourth-order valence-corrected chi connectivity index (χ4v) is 15.7. The summed E-state index contributed by atoms with van der Waals surface area (Å²) in [6, 6.07) is 57.6. The molecule has 39 heteroatoms. The predicted molar refractivity (Wildman–Crippen MR) is 518 cm³/mol. The molecule has 136 heavy (non-hydrogen) atoms. The molecule has 0 aliphatic rings. The van der Waals surface area contributed by atoms with Gasteiger partial charge in [0.1, 0.15) is 78.9 Å². The molecule has 15 aromatic rings. The van der Waals surface area contributed by atoms with Crippen LogP contribution in [0, 0.1) is 54.6 Å². The van der Waals surface area contributed by atoms with Crippen molar-refractivity contribution in [2.24, 2.45) is 0 Å². The third-order valence-electron chi connectivity index (χ3n) is 20.3. The maximum Gasteiger partial charge on any atom is 0.696 e. The minimum Gasteiger partial charge on any atom is -0.473 e. The Kier molecular flexibility index (Phi) is 37.5. The van der Waals surface area contributed by atoms with Gasteiger partial charge in [0.05, 0.1) is 115 Å². The van der Waals surface area contributed by atoms with E-state index < -0.39 is 59.2 Å². The number of benzene rings is 9. The summed E-state index contributed by atoms with van der Waals surface area (Å²) in [5.74, 6) is -0.252. The van der Waals surface area contributed by atoms with Crippen molar-refractivity contribution < 1.29 is 96.3 Å². The van der Waals surface area contributed by atoms with Gasteiger partial charge in [-0.05, 0) is 126 Å². The van der Waals surface area contributed by atoms with Gasteiger partial charge in [-0.3, -0.25) is 9.13 Å². The summed E-state index contributed by atoms with van der Waals surface area (Å²) in [7, 11) is 0.289. The first-order chi connectivity index (χ1) is 65.2. The van der Waals surface area contributed by atoms with Gasteiger partial charge in [0.2, 0.25) is 17.6 Å². The van der Waals surface area contributed by atoms with Gasteiger partial charge in [-0.1, -0.05) is 127 Å². The number of hydrogen-bond donors (Lipinski definition) is 2. The van der Waals surface area contributed by atoms with E-state index in [2.05, 4.69) is 98.9 Å². The third kappa shape index (κ3) is 28.4. The lowest BCUT2D eigenvalue weighted by molar-refractivity contribution is 0.187. The Morgan fingerprint density at radius 1 is 0.397 bits per heavy atom. The minimum atomic E-state index is -4.47. The first kappa shape index (κ1) is 104. The van der Waals surface area contributed by atoms with Crippen molar-refractivity contribution in [1.29, 1.82) is 0 Å². The molecule has 0 fully saturated rings. The largest absolute Gasteiger partial charge is 0.696 e. The third-order valence-corrected chi connectivity index (χ3v) is 24.2. The van der Waals surface area contributed by atoms with E-state index in [1.54, 1.807) is 129 Å². The van der Waals surface area contributed by atoms with E-state index in [9.17, 15) is 36.7 Å². The Hall–Kier alpha value is -12.3. The van der Waals surface area contributed by atoms with Gasteiger partial charge < -0.3 is 61.0 Å². The molecule has 6 aromatic heterocycles. The van der Waals surface area contributed by atoms with Crippen LogP contribution in [0.2, 0.25) is 19.6 Å². The van der Waals surface area contributed by atoms with E-state index in [1.807, 2.05) is 28.8 Å². The molecule has 0 saturated carbocycles. The Balaban J connectivity index is 0.000000185. The van der Waals surface area contributed by atoms with E-state index in [4.69, 9.17) is 67.2 Å². The lowest BCUT2D eigenvalue weighted by Gasteiger charge is -2.14. The molecule has 6 heterocycles. The molecular formula is C97H92Br2F6N12O15P3Si+. The Morgan fingerprint density at radius 3 is 0.985 bits per heavy atom. The summed E-state index contributed by atoms with van der Waals surface area (Å²) >= 11 is 7.03. The fourth-order valence-electron chi connectivity index (χ4n) is 13.5. The van der Waals surface area contributed by atoms with E-state index >= 15 is 13.2 Å². The quantitative estimate of drug-likeness (QED) is 0.0127. The SMILES string of the molecule is CO[P+](=O)OC.C[Si](C)(C)Br.[C-]#[N+]c1ccc(COc2cccc(-c3ccc(Cc4nc5ccc(Br)cc5n4CCOC)c(F)c3)n2)c(F)c1.[C-]#[N+]c1ccc(COc2cccc(-c3ccc(Cc4nc5ccc(P(=O)(O)O)cc5n4CCOC)c(F)c3)n2)c(F)c1.[C-]#[N+]c1ccc(COc2cccc(-c3ccc(Cc4nc5ccc(P(=O)(OC)OC)cc5n4CCOC)c(F)c3)n2)c(F)c1. The average molecular weight is 2060 g/mol. The highest BCUT2D eigenvalue weighted by atomic mass is 79.9. The second-order valence-corrected chi connectivity index (χ2v) is 47.8. The van der Waals surface area contributed by atoms with Crippen molar-refractivity contribution in [3.05, 3.63) is 343 Å². The topological polar surface area (TPSA) is 289 Å². The van der Waals surface area contributed by atoms with Gasteiger partial charge >= 0.3 is 23.4 Å². The predicted octanol–water partition coefficient (Wildman–Crippen LogP) is 23.1. The van der Waals surface area contributed by atoms with Crippen LogP contribution in [0.3, 0.4) is 0 Å². The number of methoxy groups -OCH3 is 3. The molecule has 0 aliphatic heterocycles. The highest BCUT2D eigenvalue weighted by molar-refractivity contribution is 9.26. The first-order valence-electron chi connectivity index (χ1n) is 41.5. The molecule has 0 unspecified atom stereocenters. The van der Waals surface area contributed by atoms with E-state index in [-0.39, 0.29) is 84.0 Å². The van der Waals surface area contributed by atoms with Crippen molar-refractivity contribution in [1.82, 2.24) is 43.6 Å². The van der Waals surface area contributed by atoms with Crippen LogP contribution in [0.25, 0.3) is 81.4 Å². The van der Waals surface area contributed by atoms with Gasteiger partial charge in [0.15, 0.2) is 17.1 Å². The summed E-state index contributed by atoms with van der Waals surface area (Å²) in [6.45, 7) is 29.3. The minimum absolute atomic E-state index is 0.0471. The Morgan fingerprint density at radius 2 is 0.699 bits per heavy atom. The molecule has 0 saturated heterocycles. The van der Waals surface area contributed by atoms with Crippen molar-refractivity contribution in [3.8, 4) is 51.4 Å². The number of halogens is 8. The highest BCUT2D eigenvalue weighted by Crippen LogP contribution is 2.46. The maximum atomic E-state index is 15.5. The molecule has 704 valence electrons. The molecular weight excluding hydrogens is 1970 g/mol. The smallest absolute Gasteiger partial charge is 0.473 e. The molecule has 0 atom stereocenters. The molecule has 0 aliphatic carbocycles. The average Bonchev–Trinajstić information content (AvgIpc) is 1.62. The number of fused-ring (bicyclic) bond motifs is 3. The standard InChI is InChI=1S/C32H29F2N4O5P.C30H23BrF2N4O2.C30H25F2N4O5P.C3H9BrSi.C2H6O3P/c1-35-24-11-10-23(27(34)18-24)20-43-32-7-5-6-28(37-32)22-9-8-21(26(33)16-22)17-31-36-29-13-12-25(44(39,41-3)42-4)19-30(29)38(31)14-15-40-2;1-34-23-10-8-21(25(33)17-23)18-39-30-5-3-4-26(36-30)20-7-6-19(24(32)14-20)15-29-35-27-11-9-22(31)16-28(27)37(29)12-13-38-2;1-33-22-9-8-21(25(32)16-22)18-41-30-5-3-4-26(35-30)20-7-6-19(24(31)14-20)15-29-34-27-11-10-23(42(37,38)39)17-28(27)36(29)12-13-40-2;1-5(2,3)4;1-4-6(3)5-2/h5-13,16,18-19H,14-15,17,20H2,2-4H3;3-11,14,16-17H,12-13,15,18H2,2H3;3-11,14,16-17H,12-13,15,18H2,2H3,(H2,37,38,39);1-3H3;1-2H3/q;;;;+1. The highest BCUT2D eigenvalue weighted by Gasteiger charge is 2.28. The second-order valence-electron chi connectivity index (χ2n) is 30.6. The van der Waals surface area contributed by atoms with E-state index in [0.717, 1.165) is 33.5 Å². The monoisotopic (exact) mass is 2060 g/mol. The van der Waals surface area contributed by atoms with E-state index in [0.29, 0.717) is 146 Å². The van der Waals surface area contributed by atoms with Crippen LogP contribution in [0.5, 0.6) is 17.6 Å². The zero-order chi connectivity index (χ0) is 98.0. The van der Waals surface area contributed by atoms with Crippen LogP contribution in [-0.4, -0.2) is 130 Å². The van der Waals surface area contributed by atoms with Gasteiger partial charge in [0, 0.05) is 135 Å². The van der Waals surface area contributed by atoms with Gasteiger partial charge in [-0.15, -0.1) is 24.3 Å².